The number of carbonyl (C=O) groups excluding carboxylic acids is 2. The summed E-state index contributed by atoms with van der Waals surface area (Å²) in [6, 6.07) is 9.01. The largest absolute Gasteiger partial charge is 0.472 e. The summed E-state index contributed by atoms with van der Waals surface area (Å²) in [5, 5.41) is 2.61. The minimum atomic E-state index is -0.514. The zero-order valence-corrected chi connectivity index (χ0v) is 12.5. The van der Waals surface area contributed by atoms with Crippen molar-refractivity contribution >= 4 is 40.9 Å². The molecule has 0 unspecified atom stereocenters. The minimum Gasteiger partial charge on any atom is -0.472 e. The molecule has 2 heterocycles. The quantitative estimate of drug-likeness (QED) is 0.525. The molecular formula is C16H12N2O3S. The van der Waals surface area contributed by atoms with Crippen LogP contribution in [0.4, 0.5) is 5.69 Å². The summed E-state index contributed by atoms with van der Waals surface area (Å²) in [6.45, 7) is 1.92. The molecule has 1 aromatic heterocycles. The van der Waals surface area contributed by atoms with Crippen LogP contribution in [0, 0.1) is 6.92 Å². The Morgan fingerprint density at radius 2 is 2.09 bits per heavy atom. The van der Waals surface area contributed by atoms with E-state index < -0.39 is 11.8 Å². The molecular weight excluding hydrogens is 300 g/mol. The van der Waals surface area contributed by atoms with Crippen molar-refractivity contribution in [1.82, 2.24) is 5.32 Å². The maximum atomic E-state index is 12.7. The summed E-state index contributed by atoms with van der Waals surface area (Å²) in [5.74, 6) is -0.972. The number of anilines is 1. The molecule has 1 N–H and O–H groups in total. The number of furan rings is 1. The van der Waals surface area contributed by atoms with Crippen LogP contribution in [0.1, 0.15) is 11.1 Å². The number of carbonyl (C=O) groups is 2. The summed E-state index contributed by atoms with van der Waals surface area (Å²) in [5.41, 5.74) is 2.26. The number of nitrogens with one attached hydrogen (secondary N) is 1. The van der Waals surface area contributed by atoms with Crippen molar-refractivity contribution in [2.75, 3.05) is 4.90 Å². The number of nitrogens with zero attached hydrogens (tertiary/aromatic N) is 1. The van der Waals surface area contributed by atoms with Gasteiger partial charge >= 0.3 is 0 Å². The van der Waals surface area contributed by atoms with Gasteiger partial charge in [0.1, 0.15) is 5.57 Å². The fourth-order valence-electron chi connectivity index (χ4n) is 2.18. The predicted molar refractivity (Wildman–Crippen MR) is 86.1 cm³/mol. The second-order valence-corrected chi connectivity index (χ2v) is 5.24. The van der Waals surface area contributed by atoms with E-state index in [4.69, 9.17) is 16.6 Å². The second kappa shape index (κ2) is 5.57. The van der Waals surface area contributed by atoms with Crippen LogP contribution in [0.25, 0.3) is 6.08 Å². The summed E-state index contributed by atoms with van der Waals surface area (Å²) in [4.78, 5) is 26.0. The molecule has 0 atom stereocenters. The molecule has 6 heteroatoms. The van der Waals surface area contributed by atoms with Gasteiger partial charge in [-0.3, -0.25) is 19.8 Å². The Morgan fingerprint density at radius 1 is 1.27 bits per heavy atom. The third kappa shape index (κ3) is 2.56. The highest BCUT2D eigenvalue weighted by atomic mass is 32.1. The third-order valence-corrected chi connectivity index (χ3v) is 3.50. The molecule has 110 valence electrons. The van der Waals surface area contributed by atoms with Crippen molar-refractivity contribution in [2.45, 2.75) is 6.92 Å². The average Bonchev–Trinajstić information content (AvgIpc) is 2.96. The summed E-state index contributed by atoms with van der Waals surface area (Å²) in [6.07, 6.45) is 4.41. The van der Waals surface area contributed by atoms with E-state index in [1.54, 1.807) is 12.1 Å². The summed E-state index contributed by atoms with van der Waals surface area (Å²) in [7, 11) is 0. The van der Waals surface area contributed by atoms with Crippen LogP contribution in [0.5, 0.6) is 0 Å². The first-order valence-corrected chi connectivity index (χ1v) is 6.97. The van der Waals surface area contributed by atoms with Gasteiger partial charge in [0, 0.05) is 5.56 Å². The molecule has 3 rings (SSSR count). The van der Waals surface area contributed by atoms with Crippen molar-refractivity contribution in [1.29, 1.82) is 0 Å². The van der Waals surface area contributed by atoms with Gasteiger partial charge in [-0.1, -0.05) is 12.1 Å². The maximum Gasteiger partial charge on any atom is 0.270 e. The van der Waals surface area contributed by atoms with Crippen LogP contribution in [-0.4, -0.2) is 16.9 Å². The van der Waals surface area contributed by atoms with Gasteiger partial charge in [-0.25, -0.2) is 0 Å². The van der Waals surface area contributed by atoms with E-state index in [9.17, 15) is 9.59 Å². The Hall–Kier alpha value is -2.73. The Kier molecular flexibility index (Phi) is 3.60. The molecule has 1 aliphatic heterocycles. The first-order valence-electron chi connectivity index (χ1n) is 6.56. The van der Waals surface area contributed by atoms with Gasteiger partial charge in [0.25, 0.3) is 11.8 Å². The number of benzene rings is 1. The summed E-state index contributed by atoms with van der Waals surface area (Å²) < 4.78 is 4.95. The molecule has 1 saturated heterocycles. The molecule has 5 nitrogen and oxygen atoms in total. The molecule has 1 aromatic carbocycles. The number of aryl methyl sites for hydroxylation is 1. The zero-order chi connectivity index (χ0) is 15.7. The third-order valence-electron chi connectivity index (χ3n) is 3.22. The molecule has 0 bridgehead atoms. The van der Waals surface area contributed by atoms with Crippen molar-refractivity contribution in [3.63, 3.8) is 0 Å². The average molecular weight is 312 g/mol. The summed E-state index contributed by atoms with van der Waals surface area (Å²) >= 11 is 5.13. The maximum absolute atomic E-state index is 12.7. The molecule has 1 aliphatic rings. The fraction of sp³-hybridized carbons (Fsp3) is 0.0625. The number of amides is 2. The van der Waals surface area contributed by atoms with E-state index in [0.29, 0.717) is 11.3 Å². The van der Waals surface area contributed by atoms with Gasteiger partial charge in [0.05, 0.1) is 18.2 Å². The second-order valence-electron chi connectivity index (χ2n) is 4.85. The zero-order valence-electron chi connectivity index (χ0n) is 11.7. The first-order chi connectivity index (χ1) is 10.6. The van der Waals surface area contributed by atoms with Crippen molar-refractivity contribution < 1.29 is 14.0 Å². The fourth-order valence-corrected chi connectivity index (χ4v) is 2.46. The first kappa shape index (κ1) is 14.2. The van der Waals surface area contributed by atoms with E-state index in [1.165, 1.54) is 23.5 Å². The van der Waals surface area contributed by atoms with Crippen LogP contribution in [-0.2, 0) is 9.59 Å². The number of hydrogen-bond acceptors (Lipinski definition) is 4. The van der Waals surface area contributed by atoms with Crippen LogP contribution in [0.2, 0.25) is 0 Å². The standard InChI is InChI=1S/C16H12N2O3S/c1-10-3-2-4-12(7-10)18-15(20)13(14(19)17-16(18)22)8-11-5-6-21-9-11/h2-9H,1H3,(H,17,19,22)/b13-8-. The van der Waals surface area contributed by atoms with Gasteiger partial charge in [-0.15, -0.1) is 0 Å². The minimum absolute atomic E-state index is 0.0107. The lowest BCUT2D eigenvalue weighted by Crippen LogP contribution is -2.54. The Morgan fingerprint density at radius 3 is 2.77 bits per heavy atom. The molecule has 0 spiro atoms. The van der Waals surface area contributed by atoms with Crippen LogP contribution >= 0.6 is 12.2 Å². The smallest absolute Gasteiger partial charge is 0.270 e. The van der Waals surface area contributed by atoms with Gasteiger partial charge in [-0.05, 0) is 49.0 Å². The highest BCUT2D eigenvalue weighted by molar-refractivity contribution is 7.80. The molecule has 2 amide bonds. The normalized spacial score (nSPS) is 17.0. The van der Waals surface area contributed by atoms with Crippen LogP contribution < -0.4 is 10.2 Å². The molecule has 22 heavy (non-hydrogen) atoms. The number of rotatable bonds is 2. The van der Waals surface area contributed by atoms with Crippen molar-refractivity contribution in [2.24, 2.45) is 0 Å². The van der Waals surface area contributed by atoms with Crippen molar-refractivity contribution in [3.8, 4) is 0 Å². The Bertz CT molecular complexity index is 793. The van der Waals surface area contributed by atoms with Gasteiger partial charge in [0.15, 0.2) is 5.11 Å². The van der Waals surface area contributed by atoms with E-state index >= 15 is 0 Å². The van der Waals surface area contributed by atoms with E-state index in [0.717, 1.165) is 5.56 Å². The van der Waals surface area contributed by atoms with Crippen LogP contribution in [0.3, 0.4) is 0 Å². The predicted octanol–water partition coefficient (Wildman–Crippen LogP) is 2.42. The Balaban J connectivity index is 2.03. The lowest BCUT2D eigenvalue weighted by atomic mass is 10.1. The monoisotopic (exact) mass is 312 g/mol. The molecule has 2 aromatic rings. The van der Waals surface area contributed by atoms with E-state index in [2.05, 4.69) is 5.32 Å². The molecule has 1 fully saturated rings. The highest BCUT2D eigenvalue weighted by Crippen LogP contribution is 2.22. The topological polar surface area (TPSA) is 62.6 Å². The van der Waals surface area contributed by atoms with E-state index in [1.807, 2.05) is 25.1 Å². The highest BCUT2D eigenvalue weighted by Gasteiger charge is 2.34. The molecule has 0 radical (unpaired) electrons. The van der Waals surface area contributed by atoms with Gasteiger partial charge in [0.2, 0.25) is 0 Å². The lowest BCUT2D eigenvalue weighted by Gasteiger charge is -2.29. The lowest BCUT2D eigenvalue weighted by molar-refractivity contribution is -0.122. The van der Waals surface area contributed by atoms with Crippen LogP contribution in [0.15, 0.2) is 52.8 Å². The van der Waals surface area contributed by atoms with Gasteiger partial charge in [-0.2, -0.15) is 0 Å². The SMILES string of the molecule is Cc1cccc(N2C(=O)/C(=C\c3ccoc3)C(=O)NC2=S)c1. The molecule has 0 saturated carbocycles. The van der Waals surface area contributed by atoms with E-state index in [-0.39, 0.29) is 10.7 Å². The Labute approximate surface area is 132 Å². The number of hydrogen-bond donors (Lipinski definition) is 1. The van der Waals surface area contributed by atoms with Crippen molar-refractivity contribution in [3.05, 3.63) is 59.6 Å². The number of thiocarbonyl (C=S) groups is 1. The molecule has 0 aliphatic carbocycles. The van der Waals surface area contributed by atoms with Gasteiger partial charge < -0.3 is 4.42 Å².